The van der Waals surface area contributed by atoms with Crippen LogP contribution in [-0.2, 0) is 9.53 Å². The lowest BCUT2D eigenvalue weighted by Crippen LogP contribution is -2.44. The standard InChI is InChI=1S/C21H26N4O6S/c1-28-14-9-13(10-15(29-2)17(14)30-3)16(18-19(26)25-21(32-18)22-11-23-25)24-7-5-12(6-8-24)20(27)31-4/h9-12,16,18H,5-8H2,1-4H3. The van der Waals surface area contributed by atoms with Crippen molar-refractivity contribution < 1.29 is 28.5 Å². The van der Waals surface area contributed by atoms with Gasteiger partial charge in [0.2, 0.25) is 5.75 Å². The Morgan fingerprint density at radius 2 is 1.75 bits per heavy atom. The van der Waals surface area contributed by atoms with Gasteiger partial charge in [-0.25, -0.2) is 4.98 Å². The van der Waals surface area contributed by atoms with Crippen molar-refractivity contribution in [3.63, 3.8) is 0 Å². The summed E-state index contributed by atoms with van der Waals surface area (Å²) in [5.41, 5.74) is 0.854. The van der Waals surface area contributed by atoms with Gasteiger partial charge < -0.3 is 18.9 Å². The summed E-state index contributed by atoms with van der Waals surface area (Å²) in [5, 5.41) is 4.19. The van der Waals surface area contributed by atoms with Crippen molar-refractivity contribution in [3.05, 3.63) is 24.0 Å². The number of hydrogen-bond acceptors (Lipinski definition) is 10. The maximum atomic E-state index is 13.2. The van der Waals surface area contributed by atoms with Gasteiger partial charge in [-0.2, -0.15) is 9.78 Å². The van der Waals surface area contributed by atoms with Crippen molar-refractivity contribution >= 4 is 23.6 Å². The SMILES string of the molecule is COC(=O)C1CCN(C(c2cc(OC)c(OC)c(OC)c2)C2Sc3ncnn3C2=O)CC1. The number of nitrogens with zero attached hydrogens (tertiary/aromatic N) is 4. The molecule has 3 heterocycles. The predicted molar refractivity (Wildman–Crippen MR) is 115 cm³/mol. The number of esters is 1. The summed E-state index contributed by atoms with van der Waals surface area (Å²) in [7, 11) is 6.09. The molecule has 0 aliphatic carbocycles. The van der Waals surface area contributed by atoms with Gasteiger partial charge in [0.15, 0.2) is 16.7 Å². The van der Waals surface area contributed by atoms with Crippen LogP contribution >= 0.6 is 11.8 Å². The second kappa shape index (κ2) is 9.37. The number of ether oxygens (including phenoxy) is 4. The fraction of sp³-hybridized carbons (Fsp3) is 0.524. The summed E-state index contributed by atoms with van der Waals surface area (Å²) < 4.78 is 22.8. The molecule has 1 aromatic heterocycles. The maximum absolute atomic E-state index is 13.2. The number of carbonyl (C=O) groups excluding carboxylic acids is 2. The van der Waals surface area contributed by atoms with Gasteiger partial charge in [-0.15, -0.1) is 0 Å². The van der Waals surface area contributed by atoms with Crippen LogP contribution in [0.1, 0.15) is 29.2 Å². The zero-order valence-electron chi connectivity index (χ0n) is 18.4. The van der Waals surface area contributed by atoms with Crippen molar-refractivity contribution in [2.45, 2.75) is 29.3 Å². The highest BCUT2D eigenvalue weighted by atomic mass is 32.2. The summed E-state index contributed by atoms with van der Waals surface area (Å²) in [4.78, 5) is 31.7. The van der Waals surface area contributed by atoms with E-state index in [0.717, 1.165) is 5.56 Å². The molecule has 0 saturated carbocycles. The van der Waals surface area contributed by atoms with E-state index in [-0.39, 0.29) is 23.8 Å². The van der Waals surface area contributed by atoms with E-state index in [2.05, 4.69) is 15.0 Å². The molecule has 0 N–H and O–H groups in total. The van der Waals surface area contributed by atoms with E-state index >= 15 is 0 Å². The summed E-state index contributed by atoms with van der Waals surface area (Å²) >= 11 is 1.39. The quantitative estimate of drug-likeness (QED) is 0.568. The number of fused-ring (bicyclic) bond motifs is 1. The van der Waals surface area contributed by atoms with E-state index in [9.17, 15) is 9.59 Å². The van der Waals surface area contributed by atoms with Gasteiger partial charge in [-0.1, -0.05) is 11.8 Å². The highest BCUT2D eigenvalue weighted by Crippen LogP contribution is 2.46. The predicted octanol–water partition coefficient (Wildman–Crippen LogP) is 2.04. The zero-order chi connectivity index (χ0) is 22.8. The molecule has 2 aliphatic rings. The molecule has 2 aromatic rings. The van der Waals surface area contributed by atoms with Gasteiger partial charge in [0.25, 0.3) is 5.91 Å². The molecule has 32 heavy (non-hydrogen) atoms. The van der Waals surface area contributed by atoms with Crippen LogP contribution in [0.25, 0.3) is 0 Å². The van der Waals surface area contributed by atoms with Crippen LogP contribution in [-0.4, -0.2) is 78.3 Å². The molecule has 1 saturated heterocycles. The summed E-state index contributed by atoms with van der Waals surface area (Å²) in [5.74, 6) is 1.06. The van der Waals surface area contributed by atoms with E-state index < -0.39 is 5.25 Å². The Balaban J connectivity index is 1.72. The smallest absolute Gasteiger partial charge is 0.308 e. The number of piperidine rings is 1. The van der Waals surface area contributed by atoms with E-state index in [1.807, 2.05) is 12.1 Å². The molecule has 2 atom stereocenters. The van der Waals surface area contributed by atoms with Crippen LogP contribution < -0.4 is 14.2 Å². The summed E-state index contributed by atoms with van der Waals surface area (Å²) in [6.45, 7) is 1.28. The van der Waals surface area contributed by atoms with Gasteiger partial charge in [0.05, 0.1) is 40.4 Å². The average molecular weight is 463 g/mol. The molecule has 172 valence electrons. The van der Waals surface area contributed by atoms with Crippen LogP contribution in [0.4, 0.5) is 0 Å². The van der Waals surface area contributed by atoms with Gasteiger partial charge >= 0.3 is 5.97 Å². The minimum atomic E-state index is -0.455. The molecule has 4 rings (SSSR count). The van der Waals surface area contributed by atoms with Gasteiger partial charge in [0.1, 0.15) is 11.6 Å². The Morgan fingerprint density at radius 1 is 1.09 bits per heavy atom. The first-order valence-electron chi connectivity index (χ1n) is 10.2. The Bertz CT molecular complexity index is 979. The van der Waals surface area contributed by atoms with Gasteiger partial charge in [-0.3, -0.25) is 14.5 Å². The van der Waals surface area contributed by atoms with Crippen LogP contribution in [0, 0.1) is 5.92 Å². The second-order valence-corrected chi connectivity index (χ2v) is 8.68. The van der Waals surface area contributed by atoms with E-state index in [4.69, 9.17) is 18.9 Å². The fourth-order valence-corrected chi connectivity index (χ4v) is 5.61. The second-order valence-electron chi connectivity index (χ2n) is 7.57. The van der Waals surface area contributed by atoms with Gasteiger partial charge in [-0.05, 0) is 43.6 Å². The normalized spacial score (nSPS) is 20.0. The first kappa shape index (κ1) is 22.4. The number of benzene rings is 1. The topological polar surface area (TPSA) is 105 Å². The lowest BCUT2D eigenvalue weighted by molar-refractivity contribution is -0.147. The highest BCUT2D eigenvalue weighted by Gasteiger charge is 2.44. The van der Waals surface area contributed by atoms with E-state index in [1.165, 1.54) is 29.9 Å². The highest BCUT2D eigenvalue weighted by molar-refractivity contribution is 8.00. The molecule has 1 aromatic carbocycles. The molecule has 2 unspecified atom stereocenters. The monoisotopic (exact) mass is 462 g/mol. The molecule has 10 nitrogen and oxygen atoms in total. The van der Waals surface area contributed by atoms with Crippen molar-refractivity contribution in [3.8, 4) is 17.2 Å². The fourth-order valence-electron chi connectivity index (χ4n) is 4.38. The minimum absolute atomic E-state index is 0.128. The molecule has 0 amide bonds. The number of carbonyl (C=O) groups is 2. The Labute approximate surface area is 190 Å². The zero-order valence-corrected chi connectivity index (χ0v) is 19.3. The Morgan fingerprint density at radius 3 is 2.28 bits per heavy atom. The average Bonchev–Trinajstić information content (AvgIpc) is 3.41. The molecule has 1 fully saturated rings. The lowest BCUT2D eigenvalue weighted by Gasteiger charge is -2.39. The number of thioether (sulfide) groups is 1. The van der Waals surface area contributed by atoms with Crippen molar-refractivity contribution in [2.75, 3.05) is 41.5 Å². The van der Waals surface area contributed by atoms with Crippen LogP contribution in [0.15, 0.2) is 23.6 Å². The summed E-state index contributed by atoms with van der Waals surface area (Å²) in [6.07, 6.45) is 2.69. The van der Waals surface area contributed by atoms with E-state index in [0.29, 0.717) is 48.3 Å². The molecule has 0 bridgehead atoms. The molecular formula is C21H26N4O6S. The van der Waals surface area contributed by atoms with Gasteiger partial charge in [0, 0.05) is 0 Å². The lowest BCUT2D eigenvalue weighted by atomic mass is 9.92. The number of hydrogen-bond donors (Lipinski definition) is 0. The summed E-state index contributed by atoms with van der Waals surface area (Å²) in [6, 6.07) is 3.45. The van der Waals surface area contributed by atoms with Crippen molar-refractivity contribution in [2.24, 2.45) is 5.92 Å². The largest absolute Gasteiger partial charge is 0.493 e. The molecule has 0 radical (unpaired) electrons. The van der Waals surface area contributed by atoms with Crippen LogP contribution in [0.5, 0.6) is 17.2 Å². The first-order chi connectivity index (χ1) is 15.5. The Kier molecular flexibility index (Phi) is 6.56. The molecule has 11 heteroatoms. The third-order valence-corrected chi connectivity index (χ3v) is 7.18. The first-order valence-corrected chi connectivity index (χ1v) is 11.1. The number of likely N-dealkylation sites (tertiary alicyclic amines) is 1. The minimum Gasteiger partial charge on any atom is -0.493 e. The third kappa shape index (κ3) is 3.90. The van der Waals surface area contributed by atoms with Crippen LogP contribution in [0.2, 0.25) is 0 Å². The van der Waals surface area contributed by atoms with Crippen molar-refractivity contribution in [1.82, 2.24) is 19.7 Å². The molecular weight excluding hydrogens is 436 g/mol. The Hall–Kier alpha value is -2.79. The maximum Gasteiger partial charge on any atom is 0.308 e. The third-order valence-electron chi connectivity index (χ3n) is 5.97. The van der Waals surface area contributed by atoms with Crippen LogP contribution in [0.3, 0.4) is 0 Å². The number of rotatable bonds is 7. The molecule has 0 spiro atoms. The molecule has 2 aliphatic heterocycles. The number of aromatic nitrogens is 3. The van der Waals surface area contributed by atoms with Crippen molar-refractivity contribution in [1.29, 1.82) is 0 Å². The van der Waals surface area contributed by atoms with E-state index in [1.54, 1.807) is 21.3 Å². The number of methoxy groups -OCH3 is 4.